The number of anilines is 1. The first kappa shape index (κ1) is 21.8. The molecule has 28 heavy (non-hydrogen) atoms. The molecule has 1 unspecified atom stereocenters. The molecule has 0 radical (unpaired) electrons. The third-order valence-electron chi connectivity index (χ3n) is 4.55. The molecule has 0 bridgehead atoms. The molecular weight excluding hydrogens is 374 g/mol. The van der Waals surface area contributed by atoms with Crippen LogP contribution in [-0.2, 0) is 9.84 Å². The van der Waals surface area contributed by atoms with Crippen LogP contribution in [0.3, 0.4) is 0 Å². The van der Waals surface area contributed by atoms with Crippen molar-refractivity contribution in [2.24, 2.45) is 0 Å². The molecule has 0 fully saturated rings. The number of hydrogen-bond donors (Lipinski definition) is 2. The summed E-state index contributed by atoms with van der Waals surface area (Å²) in [7, 11) is -3.22. The molecule has 2 rings (SSSR count). The summed E-state index contributed by atoms with van der Waals surface area (Å²) in [4.78, 5) is 14.6. The van der Waals surface area contributed by atoms with Crippen molar-refractivity contribution in [2.45, 2.75) is 31.2 Å². The topological polar surface area (TPSA) is 78.5 Å². The molecule has 1 atom stereocenters. The summed E-state index contributed by atoms with van der Waals surface area (Å²) in [5.41, 5.74) is 2.03. The van der Waals surface area contributed by atoms with Crippen LogP contribution in [0.1, 0.15) is 31.9 Å². The van der Waals surface area contributed by atoms with Gasteiger partial charge in [-0.3, -0.25) is 0 Å². The van der Waals surface area contributed by atoms with Crippen LogP contribution < -0.4 is 15.5 Å². The zero-order valence-electron chi connectivity index (χ0n) is 16.7. The fraction of sp³-hybridized carbons (Fsp3) is 0.381. The second-order valence-corrected chi connectivity index (χ2v) is 8.75. The molecule has 0 saturated heterocycles. The first-order valence-corrected chi connectivity index (χ1v) is 11.3. The van der Waals surface area contributed by atoms with E-state index in [9.17, 15) is 13.2 Å². The Kier molecular flexibility index (Phi) is 7.87. The summed E-state index contributed by atoms with van der Waals surface area (Å²) in [6.07, 6.45) is 2.02. The van der Waals surface area contributed by atoms with E-state index in [-0.39, 0.29) is 17.0 Å². The highest BCUT2D eigenvalue weighted by molar-refractivity contribution is 7.90. The van der Waals surface area contributed by atoms with E-state index in [1.54, 1.807) is 24.3 Å². The molecule has 2 N–H and O–H groups in total. The van der Waals surface area contributed by atoms with E-state index < -0.39 is 9.84 Å². The number of amides is 2. The Labute approximate surface area is 167 Å². The maximum atomic E-state index is 12.1. The molecule has 0 saturated carbocycles. The van der Waals surface area contributed by atoms with E-state index in [1.165, 1.54) is 11.9 Å². The first-order chi connectivity index (χ1) is 13.3. The van der Waals surface area contributed by atoms with Crippen LogP contribution >= 0.6 is 0 Å². The Morgan fingerprint density at radius 2 is 1.71 bits per heavy atom. The van der Waals surface area contributed by atoms with Crippen molar-refractivity contribution >= 4 is 21.6 Å². The van der Waals surface area contributed by atoms with E-state index in [0.29, 0.717) is 6.54 Å². The smallest absolute Gasteiger partial charge is 0.315 e. The molecule has 0 aliphatic heterocycles. The summed E-state index contributed by atoms with van der Waals surface area (Å²) < 4.78 is 23.0. The number of carbonyl (C=O) groups excluding carboxylic acids is 1. The van der Waals surface area contributed by atoms with Gasteiger partial charge in [-0.15, -0.1) is 0 Å². The fourth-order valence-corrected chi connectivity index (χ4v) is 3.55. The molecule has 2 amide bonds. The molecule has 152 valence electrons. The van der Waals surface area contributed by atoms with E-state index in [2.05, 4.69) is 34.6 Å². The maximum Gasteiger partial charge on any atom is 0.315 e. The summed E-state index contributed by atoms with van der Waals surface area (Å²) in [5.74, 6) is 0. The summed E-state index contributed by atoms with van der Waals surface area (Å²) in [6, 6.07) is 16.3. The molecule has 7 heteroatoms. The second kappa shape index (κ2) is 10.1. The van der Waals surface area contributed by atoms with Gasteiger partial charge >= 0.3 is 6.03 Å². The van der Waals surface area contributed by atoms with Crippen LogP contribution in [0.2, 0.25) is 0 Å². The van der Waals surface area contributed by atoms with E-state index in [0.717, 1.165) is 25.1 Å². The van der Waals surface area contributed by atoms with Crippen molar-refractivity contribution in [1.82, 2.24) is 10.6 Å². The number of nitrogens with one attached hydrogen (secondary N) is 2. The maximum absolute atomic E-state index is 12.1. The van der Waals surface area contributed by atoms with Crippen molar-refractivity contribution < 1.29 is 13.2 Å². The zero-order valence-corrected chi connectivity index (χ0v) is 17.5. The minimum absolute atomic E-state index is 0.218. The molecule has 0 heterocycles. The fourth-order valence-electron chi connectivity index (χ4n) is 2.92. The van der Waals surface area contributed by atoms with Crippen LogP contribution in [0.5, 0.6) is 0 Å². The Balaban J connectivity index is 1.76. The quantitative estimate of drug-likeness (QED) is 0.629. The van der Waals surface area contributed by atoms with Crippen molar-refractivity contribution in [1.29, 1.82) is 0 Å². The number of nitrogens with zero attached hydrogens (tertiary/aromatic N) is 1. The van der Waals surface area contributed by atoms with Gasteiger partial charge in [-0.25, -0.2) is 13.2 Å². The van der Waals surface area contributed by atoms with Crippen LogP contribution in [0.4, 0.5) is 10.5 Å². The molecule has 0 aromatic heterocycles. The minimum Gasteiger partial charge on any atom is -0.372 e. The molecule has 0 aliphatic carbocycles. The van der Waals surface area contributed by atoms with Gasteiger partial charge < -0.3 is 15.5 Å². The van der Waals surface area contributed by atoms with Crippen LogP contribution in [0, 0.1) is 0 Å². The average Bonchev–Trinajstić information content (AvgIpc) is 2.68. The number of rotatable bonds is 9. The first-order valence-electron chi connectivity index (χ1n) is 9.45. The zero-order chi connectivity index (χ0) is 20.6. The molecule has 0 spiro atoms. The highest BCUT2D eigenvalue weighted by atomic mass is 32.2. The Morgan fingerprint density at radius 3 is 2.29 bits per heavy atom. The lowest BCUT2D eigenvalue weighted by Crippen LogP contribution is -2.38. The second-order valence-electron chi connectivity index (χ2n) is 6.73. The normalized spacial score (nSPS) is 12.2. The van der Waals surface area contributed by atoms with E-state index in [4.69, 9.17) is 0 Å². The lowest BCUT2D eigenvalue weighted by atomic mass is 10.1. The van der Waals surface area contributed by atoms with Gasteiger partial charge in [-0.05, 0) is 50.1 Å². The molecule has 0 aliphatic rings. The van der Waals surface area contributed by atoms with Crippen molar-refractivity contribution in [3.63, 3.8) is 0 Å². The Morgan fingerprint density at radius 1 is 1.07 bits per heavy atom. The van der Waals surface area contributed by atoms with Crippen molar-refractivity contribution in [3.05, 3.63) is 60.2 Å². The molecule has 2 aromatic carbocycles. The summed E-state index contributed by atoms with van der Waals surface area (Å²) in [6.45, 7) is 6.34. The van der Waals surface area contributed by atoms with E-state index in [1.807, 2.05) is 25.1 Å². The Hall–Kier alpha value is -2.54. The molecular formula is C21H29N3O3S. The van der Waals surface area contributed by atoms with Gasteiger partial charge in [-0.1, -0.05) is 30.3 Å². The van der Waals surface area contributed by atoms with Gasteiger partial charge in [0.05, 0.1) is 10.9 Å². The van der Waals surface area contributed by atoms with Crippen molar-refractivity contribution in [2.75, 3.05) is 30.8 Å². The van der Waals surface area contributed by atoms with Gasteiger partial charge in [0.15, 0.2) is 9.84 Å². The average molecular weight is 404 g/mol. The van der Waals surface area contributed by atoms with Crippen LogP contribution in [-0.4, -0.2) is 40.3 Å². The van der Waals surface area contributed by atoms with Gasteiger partial charge in [0, 0.05) is 31.6 Å². The molecule has 2 aromatic rings. The lowest BCUT2D eigenvalue weighted by Gasteiger charge is -2.23. The standard InChI is InChI=1S/C21H29N3O3S/c1-4-24(19-9-6-5-7-10-19)16-8-15-22-21(25)23-17(2)18-11-13-20(14-12-18)28(3,26)27/h5-7,9-14,17H,4,8,15-16H2,1-3H3,(H2,22,23,25). The van der Waals surface area contributed by atoms with Gasteiger partial charge in [0.1, 0.15) is 0 Å². The number of sulfone groups is 1. The van der Waals surface area contributed by atoms with Gasteiger partial charge in [0.25, 0.3) is 0 Å². The largest absolute Gasteiger partial charge is 0.372 e. The van der Waals surface area contributed by atoms with Crippen molar-refractivity contribution in [3.8, 4) is 0 Å². The number of benzene rings is 2. The number of carbonyl (C=O) groups is 1. The third kappa shape index (κ3) is 6.56. The number of urea groups is 1. The third-order valence-corrected chi connectivity index (χ3v) is 5.68. The Bertz CT molecular complexity index is 852. The predicted octanol–water partition coefficient (Wildman–Crippen LogP) is 3.37. The summed E-state index contributed by atoms with van der Waals surface area (Å²) in [5, 5.41) is 5.75. The monoisotopic (exact) mass is 403 g/mol. The lowest BCUT2D eigenvalue weighted by molar-refractivity contribution is 0.238. The van der Waals surface area contributed by atoms with Gasteiger partial charge in [-0.2, -0.15) is 0 Å². The number of hydrogen-bond acceptors (Lipinski definition) is 4. The highest BCUT2D eigenvalue weighted by Crippen LogP contribution is 2.16. The van der Waals surface area contributed by atoms with E-state index >= 15 is 0 Å². The summed E-state index contributed by atoms with van der Waals surface area (Å²) >= 11 is 0. The number of para-hydroxylation sites is 1. The van der Waals surface area contributed by atoms with Gasteiger partial charge in [0.2, 0.25) is 0 Å². The predicted molar refractivity (Wildman–Crippen MR) is 113 cm³/mol. The highest BCUT2D eigenvalue weighted by Gasteiger charge is 2.12. The SMILES string of the molecule is CCN(CCCNC(=O)NC(C)c1ccc(S(C)(=O)=O)cc1)c1ccccc1. The molecule has 6 nitrogen and oxygen atoms in total. The van der Waals surface area contributed by atoms with Crippen LogP contribution in [0.15, 0.2) is 59.5 Å². The minimum atomic E-state index is -3.22. The van der Waals surface area contributed by atoms with Crippen LogP contribution in [0.25, 0.3) is 0 Å².